The molecule has 0 bridgehead atoms. The van der Waals surface area contributed by atoms with Crippen LogP contribution in [0.1, 0.15) is 50.7 Å². The van der Waals surface area contributed by atoms with E-state index < -0.39 is 0 Å². The van der Waals surface area contributed by atoms with Crippen molar-refractivity contribution in [2.24, 2.45) is 0 Å². The molecule has 1 aromatic carbocycles. The van der Waals surface area contributed by atoms with Gasteiger partial charge in [-0.05, 0) is 0 Å². The fraction of sp³-hybridized carbons (Fsp3) is 0.571. The van der Waals surface area contributed by atoms with Gasteiger partial charge in [-0.15, -0.1) is 0 Å². The van der Waals surface area contributed by atoms with Crippen LogP contribution in [0, 0.1) is 0 Å². The Morgan fingerprint density at radius 3 is 2.12 bits per heavy atom. The second kappa shape index (κ2) is 7.04. The summed E-state index contributed by atoms with van der Waals surface area (Å²) in [5.74, 6) is 0.491. The minimum atomic E-state index is 0.491. The van der Waals surface area contributed by atoms with Crippen LogP contribution in [-0.2, 0) is 12.8 Å². The third-order valence-corrected chi connectivity index (χ3v) is 3.20. The number of hydrogen-bond acceptors (Lipinski definition) is 1. The first kappa shape index (κ1) is 13.7. The topological polar surface area (TPSA) is 20.2 Å². The van der Waals surface area contributed by atoms with E-state index in [0.29, 0.717) is 5.75 Å². The van der Waals surface area contributed by atoms with Gasteiger partial charge in [-0.1, -0.05) is 0 Å². The summed E-state index contributed by atoms with van der Waals surface area (Å²) in [5.41, 5.74) is 2.57. The van der Waals surface area contributed by atoms with Crippen molar-refractivity contribution in [3.05, 3.63) is 23.3 Å². The number of unbranched alkanes of at least 4 members (excludes halogenated alkanes) is 2. The van der Waals surface area contributed by atoms with Gasteiger partial charge in [0.05, 0.1) is 0 Å². The van der Waals surface area contributed by atoms with Crippen LogP contribution >= 0.6 is 0 Å². The van der Waals surface area contributed by atoms with Crippen molar-refractivity contribution in [3.8, 4) is 5.75 Å². The second-order valence-corrected chi connectivity index (χ2v) is 4.57. The van der Waals surface area contributed by atoms with E-state index in [9.17, 15) is 5.11 Å². The predicted octanol–water partition coefficient (Wildman–Crippen LogP) is 2.87. The summed E-state index contributed by atoms with van der Waals surface area (Å²) in [6, 6.07) is 3.88. The number of phenolic OH excluding ortho intramolecular Hbond substituents is 1. The van der Waals surface area contributed by atoms with Crippen LogP contribution in [0.3, 0.4) is 0 Å². The molecule has 1 rings (SSSR count). The van der Waals surface area contributed by atoms with E-state index in [0.717, 1.165) is 19.3 Å². The summed E-state index contributed by atoms with van der Waals surface area (Å²) < 4.78 is 1.33. The molecule has 0 aliphatic heterocycles. The van der Waals surface area contributed by atoms with Crippen LogP contribution in [0.15, 0.2) is 12.1 Å². The average Bonchev–Trinajstić information content (AvgIpc) is 2.29. The summed E-state index contributed by atoms with van der Waals surface area (Å²) in [6.45, 7) is 4.41. The zero-order chi connectivity index (χ0) is 12.0. The Balaban J connectivity index is 2.94. The van der Waals surface area contributed by atoms with Gasteiger partial charge in [0.1, 0.15) is 0 Å². The van der Waals surface area contributed by atoms with Gasteiger partial charge in [-0.3, -0.25) is 0 Å². The molecule has 0 fully saturated rings. The van der Waals surface area contributed by atoms with Crippen molar-refractivity contribution in [1.82, 2.24) is 0 Å². The molecule has 0 saturated carbocycles. The second-order valence-electron chi connectivity index (χ2n) is 4.57. The Labute approximate surface area is 108 Å². The molecule has 1 nitrogen and oxygen atoms in total. The van der Waals surface area contributed by atoms with E-state index in [1.807, 2.05) is 12.1 Å². The van der Waals surface area contributed by atoms with Gasteiger partial charge in [-0.25, -0.2) is 0 Å². The Bertz CT molecular complexity index is 301. The molecule has 1 N–H and O–H groups in total. The molecule has 0 aliphatic carbocycles. The fourth-order valence-corrected chi connectivity index (χ4v) is 2.13. The zero-order valence-electron chi connectivity index (χ0n) is 10.8. The molecule has 0 aromatic heterocycles. The first-order chi connectivity index (χ1) is 7.70. The molecular weight excluding hydrogens is 191 g/mol. The zero-order valence-corrected chi connectivity index (χ0v) is 10.8. The quantitative estimate of drug-likeness (QED) is 0.719. The Kier molecular flexibility index (Phi) is 6.02. The fourth-order valence-electron chi connectivity index (χ4n) is 2.13. The van der Waals surface area contributed by atoms with Crippen molar-refractivity contribution in [3.63, 3.8) is 0 Å². The van der Waals surface area contributed by atoms with Crippen molar-refractivity contribution < 1.29 is 5.11 Å². The molecule has 0 heterocycles. The first-order valence-electron chi connectivity index (χ1n) is 6.51. The molecule has 1 aromatic rings. The summed E-state index contributed by atoms with van der Waals surface area (Å²) in [6.07, 6.45) is 6.89. The van der Waals surface area contributed by atoms with E-state index in [-0.39, 0.29) is 0 Å². The van der Waals surface area contributed by atoms with Gasteiger partial charge in [0.2, 0.25) is 0 Å². The third-order valence-electron chi connectivity index (χ3n) is 3.20. The van der Waals surface area contributed by atoms with Gasteiger partial charge in [-0.2, -0.15) is 0 Å². The SMILES string of the molecule is [Li][c]1ccc(O)c(CCCC)c1CCCC. The number of benzene rings is 1. The van der Waals surface area contributed by atoms with E-state index in [1.165, 1.54) is 34.6 Å². The van der Waals surface area contributed by atoms with Gasteiger partial charge < -0.3 is 0 Å². The molecule has 0 spiro atoms. The van der Waals surface area contributed by atoms with E-state index in [2.05, 4.69) is 31.6 Å². The number of rotatable bonds is 6. The third kappa shape index (κ3) is 3.58. The normalized spacial score (nSPS) is 10.8. The molecule has 0 aliphatic rings. The van der Waals surface area contributed by atoms with Gasteiger partial charge in [0, 0.05) is 0 Å². The van der Waals surface area contributed by atoms with Gasteiger partial charge in [0.25, 0.3) is 0 Å². The van der Waals surface area contributed by atoms with Crippen LogP contribution in [0.2, 0.25) is 0 Å². The Hall–Kier alpha value is -0.383. The molecule has 0 radical (unpaired) electrons. The average molecular weight is 212 g/mol. The molecule has 84 valence electrons. The van der Waals surface area contributed by atoms with E-state index >= 15 is 0 Å². The van der Waals surface area contributed by atoms with Crippen LogP contribution in [0.25, 0.3) is 0 Å². The monoisotopic (exact) mass is 212 g/mol. The summed E-state index contributed by atoms with van der Waals surface area (Å²) in [4.78, 5) is 0. The number of hydrogen-bond donors (Lipinski definition) is 1. The minimum absolute atomic E-state index is 0.491. The standard InChI is InChI=1S/C14H21O.Li/c1-3-5-8-12-9-7-11-14(15)13(12)10-6-4-2;/h7,11,15H,3-6,8,10H2,1-2H3;. The van der Waals surface area contributed by atoms with Crippen molar-refractivity contribution in [1.29, 1.82) is 0 Å². The van der Waals surface area contributed by atoms with Crippen molar-refractivity contribution in [2.75, 3.05) is 0 Å². The van der Waals surface area contributed by atoms with Crippen LogP contribution in [0.5, 0.6) is 5.75 Å². The maximum atomic E-state index is 9.94. The summed E-state index contributed by atoms with van der Waals surface area (Å²) >= 11 is 2.15. The first-order valence-corrected chi connectivity index (χ1v) is 6.51. The summed E-state index contributed by atoms with van der Waals surface area (Å²) in [5, 5.41) is 9.94. The van der Waals surface area contributed by atoms with Gasteiger partial charge in [0.15, 0.2) is 0 Å². The molecule has 2 heteroatoms. The molecule has 0 unspecified atom stereocenters. The predicted molar refractivity (Wildman–Crippen MR) is 70.7 cm³/mol. The number of aromatic hydroxyl groups is 1. The van der Waals surface area contributed by atoms with E-state index in [4.69, 9.17) is 0 Å². The Morgan fingerprint density at radius 2 is 1.56 bits per heavy atom. The molecular formula is C14H21LiO. The van der Waals surface area contributed by atoms with E-state index in [1.54, 1.807) is 0 Å². The molecule has 0 amide bonds. The van der Waals surface area contributed by atoms with Gasteiger partial charge >= 0.3 is 108 Å². The van der Waals surface area contributed by atoms with Crippen LogP contribution in [0.4, 0.5) is 0 Å². The maximum absolute atomic E-state index is 9.94. The molecule has 16 heavy (non-hydrogen) atoms. The Morgan fingerprint density at radius 1 is 1.00 bits per heavy atom. The van der Waals surface area contributed by atoms with Crippen molar-refractivity contribution >= 4 is 22.0 Å². The van der Waals surface area contributed by atoms with Crippen molar-refractivity contribution in [2.45, 2.75) is 52.4 Å². The molecule has 0 atom stereocenters. The summed E-state index contributed by atoms with van der Waals surface area (Å²) in [7, 11) is 0. The van der Waals surface area contributed by atoms with Crippen LogP contribution < -0.4 is 4.24 Å². The number of phenols is 1. The molecule has 0 saturated heterocycles. The van der Waals surface area contributed by atoms with Crippen LogP contribution in [-0.4, -0.2) is 22.8 Å².